The van der Waals surface area contributed by atoms with Gasteiger partial charge in [-0.1, -0.05) is 29.8 Å². The molecule has 0 spiro atoms. The van der Waals surface area contributed by atoms with E-state index in [1.807, 2.05) is 43.3 Å². The van der Waals surface area contributed by atoms with Crippen LogP contribution in [0.3, 0.4) is 0 Å². The summed E-state index contributed by atoms with van der Waals surface area (Å²) in [6, 6.07) is 13.9. The number of thiocarbonyl (C=S) groups is 1. The number of anilines is 1. The maximum atomic E-state index is 6.16. The van der Waals surface area contributed by atoms with Crippen LogP contribution in [0.2, 0.25) is 5.02 Å². The van der Waals surface area contributed by atoms with Crippen LogP contribution in [0.5, 0.6) is 5.75 Å². The van der Waals surface area contributed by atoms with Crippen LogP contribution in [-0.2, 0) is 11.3 Å². The van der Waals surface area contributed by atoms with Crippen LogP contribution in [0.15, 0.2) is 42.5 Å². The lowest BCUT2D eigenvalue weighted by Gasteiger charge is -2.29. The topological polar surface area (TPSA) is 33.7 Å². The zero-order chi connectivity index (χ0) is 19.2. The van der Waals surface area contributed by atoms with Crippen LogP contribution < -0.4 is 10.1 Å². The van der Waals surface area contributed by atoms with Gasteiger partial charge in [0.05, 0.1) is 18.9 Å². The second kappa shape index (κ2) is 9.40. The fraction of sp³-hybridized carbons (Fsp3) is 0.381. The molecule has 4 nitrogen and oxygen atoms in total. The molecule has 144 valence electrons. The normalized spacial score (nSPS) is 16.2. The van der Waals surface area contributed by atoms with Gasteiger partial charge in [0.15, 0.2) is 5.11 Å². The maximum absolute atomic E-state index is 6.16. The van der Waals surface area contributed by atoms with Crippen molar-refractivity contribution in [3.63, 3.8) is 0 Å². The number of hydrogen-bond donors (Lipinski definition) is 1. The largest absolute Gasteiger partial charge is 0.495 e. The highest BCUT2D eigenvalue weighted by Gasteiger charge is 2.22. The molecule has 1 aliphatic rings. The van der Waals surface area contributed by atoms with E-state index in [4.69, 9.17) is 33.3 Å². The average molecular weight is 405 g/mol. The quantitative estimate of drug-likeness (QED) is 0.682. The van der Waals surface area contributed by atoms with Gasteiger partial charge in [-0.2, -0.15) is 0 Å². The lowest BCUT2D eigenvalue weighted by molar-refractivity contribution is 0.0905. The first-order valence-corrected chi connectivity index (χ1v) is 9.90. The molecule has 1 saturated heterocycles. The van der Waals surface area contributed by atoms with E-state index in [2.05, 4.69) is 16.3 Å². The summed E-state index contributed by atoms with van der Waals surface area (Å²) in [5.74, 6) is 0.766. The van der Waals surface area contributed by atoms with E-state index in [1.54, 1.807) is 7.11 Å². The molecule has 0 amide bonds. The summed E-state index contributed by atoms with van der Waals surface area (Å²) in [5.41, 5.74) is 3.12. The van der Waals surface area contributed by atoms with Crippen molar-refractivity contribution >= 4 is 34.6 Å². The van der Waals surface area contributed by atoms with Gasteiger partial charge in [0.2, 0.25) is 0 Å². The fourth-order valence-corrected chi connectivity index (χ4v) is 3.68. The van der Waals surface area contributed by atoms with E-state index < -0.39 is 0 Å². The van der Waals surface area contributed by atoms with Crippen LogP contribution in [0.25, 0.3) is 0 Å². The van der Waals surface area contributed by atoms with Crippen LogP contribution in [-0.4, -0.2) is 36.4 Å². The molecule has 2 aromatic rings. The molecule has 6 heteroatoms. The molecular formula is C21H25ClN2O2S. The summed E-state index contributed by atoms with van der Waals surface area (Å²) in [7, 11) is 1.66. The molecule has 1 unspecified atom stereocenters. The monoisotopic (exact) mass is 404 g/mol. The van der Waals surface area contributed by atoms with Gasteiger partial charge in [0, 0.05) is 24.7 Å². The first kappa shape index (κ1) is 19.9. The summed E-state index contributed by atoms with van der Waals surface area (Å²) in [4.78, 5) is 2.14. The molecule has 0 bridgehead atoms. The van der Waals surface area contributed by atoms with E-state index in [1.165, 1.54) is 0 Å². The molecule has 0 radical (unpaired) electrons. The molecule has 0 aliphatic carbocycles. The minimum atomic E-state index is 0.198. The zero-order valence-corrected chi connectivity index (χ0v) is 17.3. The highest BCUT2D eigenvalue weighted by atomic mass is 35.5. The van der Waals surface area contributed by atoms with Crippen molar-refractivity contribution in [2.24, 2.45) is 0 Å². The molecule has 1 fully saturated rings. The van der Waals surface area contributed by atoms with Gasteiger partial charge in [0.25, 0.3) is 0 Å². The van der Waals surface area contributed by atoms with Gasteiger partial charge >= 0.3 is 0 Å². The standard InChI is InChI=1S/C21H25ClN2O2S/c1-15-8-9-20(25-2)19(11-15)23-21(27)24(14-18-7-4-10-26-18)13-16-5-3-6-17(22)12-16/h3,5-6,8-9,11-12,18H,4,7,10,13-14H2,1-2H3,(H,23,27). The van der Waals surface area contributed by atoms with Crippen molar-refractivity contribution in [3.8, 4) is 5.75 Å². The minimum Gasteiger partial charge on any atom is -0.495 e. The number of benzene rings is 2. The highest BCUT2D eigenvalue weighted by Crippen LogP contribution is 2.26. The number of hydrogen-bond acceptors (Lipinski definition) is 3. The van der Waals surface area contributed by atoms with Crippen molar-refractivity contribution in [1.29, 1.82) is 0 Å². The molecule has 3 rings (SSSR count). The van der Waals surface area contributed by atoms with Crippen molar-refractivity contribution < 1.29 is 9.47 Å². The van der Waals surface area contributed by atoms with E-state index >= 15 is 0 Å². The Morgan fingerprint density at radius 3 is 2.89 bits per heavy atom. The Bertz CT molecular complexity index is 794. The summed E-state index contributed by atoms with van der Waals surface area (Å²) in [5, 5.41) is 4.73. The molecule has 2 aromatic carbocycles. The van der Waals surface area contributed by atoms with Crippen LogP contribution in [0.1, 0.15) is 24.0 Å². The van der Waals surface area contributed by atoms with E-state index in [0.29, 0.717) is 11.7 Å². The van der Waals surface area contributed by atoms with Crippen molar-refractivity contribution in [2.45, 2.75) is 32.4 Å². The predicted molar refractivity (Wildman–Crippen MR) is 115 cm³/mol. The van der Waals surface area contributed by atoms with E-state index in [0.717, 1.165) is 53.6 Å². The molecule has 0 aromatic heterocycles. The van der Waals surface area contributed by atoms with Crippen molar-refractivity contribution in [2.75, 3.05) is 25.6 Å². The van der Waals surface area contributed by atoms with Crippen LogP contribution >= 0.6 is 23.8 Å². The number of halogens is 1. The lowest BCUT2D eigenvalue weighted by Crippen LogP contribution is -2.39. The third-order valence-corrected chi connectivity index (χ3v) is 5.19. The minimum absolute atomic E-state index is 0.198. The van der Waals surface area contributed by atoms with Gasteiger partial charge in [0.1, 0.15) is 5.75 Å². The Balaban J connectivity index is 1.78. The lowest BCUT2D eigenvalue weighted by atomic mass is 10.2. The summed E-state index contributed by atoms with van der Waals surface area (Å²) in [6.45, 7) is 4.28. The van der Waals surface area contributed by atoms with Gasteiger partial charge < -0.3 is 19.7 Å². The first-order valence-electron chi connectivity index (χ1n) is 9.12. The molecule has 0 saturated carbocycles. The highest BCUT2D eigenvalue weighted by molar-refractivity contribution is 7.80. The Kier molecular flexibility index (Phi) is 6.94. The predicted octanol–water partition coefficient (Wildman–Crippen LogP) is 5.04. The molecular weight excluding hydrogens is 380 g/mol. The number of aryl methyl sites for hydroxylation is 1. The molecule has 1 atom stereocenters. The second-order valence-electron chi connectivity index (χ2n) is 6.78. The SMILES string of the molecule is COc1ccc(C)cc1NC(=S)N(Cc1cccc(Cl)c1)CC1CCCO1. The molecule has 1 N–H and O–H groups in total. The first-order chi connectivity index (χ1) is 13.0. The average Bonchev–Trinajstić information content (AvgIpc) is 3.14. The Morgan fingerprint density at radius 1 is 1.33 bits per heavy atom. The summed E-state index contributed by atoms with van der Waals surface area (Å²) < 4.78 is 11.3. The van der Waals surface area contributed by atoms with Gasteiger partial charge in [-0.15, -0.1) is 0 Å². The summed E-state index contributed by atoms with van der Waals surface area (Å²) in [6.07, 6.45) is 2.35. The van der Waals surface area contributed by atoms with Gasteiger partial charge in [-0.3, -0.25) is 0 Å². The van der Waals surface area contributed by atoms with Crippen LogP contribution in [0, 0.1) is 6.92 Å². The molecule has 1 heterocycles. The van der Waals surface area contributed by atoms with E-state index in [-0.39, 0.29) is 6.10 Å². The van der Waals surface area contributed by atoms with Crippen LogP contribution in [0.4, 0.5) is 5.69 Å². The number of rotatable bonds is 6. The number of ether oxygens (including phenoxy) is 2. The Morgan fingerprint density at radius 2 is 2.19 bits per heavy atom. The third-order valence-electron chi connectivity index (χ3n) is 4.59. The van der Waals surface area contributed by atoms with E-state index in [9.17, 15) is 0 Å². The Hall–Kier alpha value is -1.82. The third kappa shape index (κ3) is 5.58. The number of nitrogens with zero attached hydrogens (tertiary/aromatic N) is 1. The second-order valence-corrected chi connectivity index (χ2v) is 7.60. The van der Waals surface area contributed by atoms with Gasteiger partial charge in [-0.25, -0.2) is 0 Å². The van der Waals surface area contributed by atoms with Crippen molar-refractivity contribution in [3.05, 3.63) is 58.6 Å². The zero-order valence-electron chi connectivity index (χ0n) is 15.7. The Labute approximate surface area is 171 Å². The fourth-order valence-electron chi connectivity index (χ4n) is 3.22. The number of nitrogens with one attached hydrogen (secondary N) is 1. The molecule has 27 heavy (non-hydrogen) atoms. The molecule has 1 aliphatic heterocycles. The van der Waals surface area contributed by atoms with Gasteiger partial charge in [-0.05, 0) is 67.4 Å². The summed E-state index contributed by atoms with van der Waals surface area (Å²) >= 11 is 11.9. The number of methoxy groups -OCH3 is 1. The smallest absolute Gasteiger partial charge is 0.173 e. The van der Waals surface area contributed by atoms with Crippen molar-refractivity contribution in [1.82, 2.24) is 4.90 Å². The maximum Gasteiger partial charge on any atom is 0.173 e.